The maximum Gasteiger partial charge on any atom is 0.315 e. The Kier molecular flexibility index (Phi) is 4.65. The minimum absolute atomic E-state index is 0.108. The molecule has 0 fully saturated rings. The first-order valence-electron chi connectivity index (χ1n) is 4.74. The number of esters is 1. The zero-order chi connectivity index (χ0) is 10.4. The van der Waals surface area contributed by atoms with E-state index in [0.717, 1.165) is 23.7 Å². The number of methoxy groups -OCH3 is 1. The minimum atomic E-state index is -0.394. The van der Waals surface area contributed by atoms with Crippen LogP contribution in [0.1, 0.15) is 19.3 Å². The molecule has 0 spiro atoms. The summed E-state index contributed by atoms with van der Waals surface area (Å²) in [6.45, 7) is 0. The molecule has 78 valence electrons. The standard InChI is InChI=1S/C11H15IO2/c1-14-10(13)11(8-5-9-12)6-3-2-4-7-11/h2-4,6H,5,7-9H2,1H3. The first kappa shape index (κ1) is 11.8. The number of carbonyl (C=O) groups excluding carboxylic acids is 1. The lowest BCUT2D eigenvalue weighted by Gasteiger charge is -2.27. The van der Waals surface area contributed by atoms with E-state index in [2.05, 4.69) is 22.6 Å². The molecule has 1 aliphatic carbocycles. The average molecular weight is 306 g/mol. The molecule has 1 atom stereocenters. The number of carbonyl (C=O) groups is 1. The van der Waals surface area contributed by atoms with Gasteiger partial charge in [0.1, 0.15) is 0 Å². The van der Waals surface area contributed by atoms with Crippen LogP contribution in [0.2, 0.25) is 0 Å². The quantitative estimate of drug-likeness (QED) is 0.453. The fourth-order valence-corrected chi connectivity index (χ4v) is 2.07. The van der Waals surface area contributed by atoms with Crippen LogP contribution < -0.4 is 0 Å². The van der Waals surface area contributed by atoms with Gasteiger partial charge in [-0.25, -0.2) is 0 Å². The van der Waals surface area contributed by atoms with Crippen molar-refractivity contribution >= 4 is 28.6 Å². The molecule has 0 saturated carbocycles. The number of rotatable bonds is 4. The van der Waals surface area contributed by atoms with Crippen molar-refractivity contribution in [2.75, 3.05) is 11.5 Å². The molecular weight excluding hydrogens is 291 g/mol. The Morgan fingerprint density at radius 2 is 2.36 bits per heavy atom. The molecule has 1 rings (SSSR count). The summed E-state index contributed by atoms with van der Waals surface area (Å²) in [6.07, 6.45) is 10.6. The Hall–Kier alpha value is -0.320. The highest BCUT2D eigenvalue weighted by Gasteiger charge is 2.35. The lowest BCUT2D eigenvalue weighted by molar-refractivity contribution is -0.150. The molecule has 2 nitrogen and oxygen atoms in total. The largest absolute Gasteiger partial charge is 0.468 e. The Morgan fingerprint density at radius 3 is 2.86 bits per heavy atom. The molecule has 0 bridgehead atoms. The van der Waals surface area contributed by atoms with Crippen LogP contribution in [-0.4, -0.2) is 17.5 Å². The molecule has 0 amide bonds. The summed E-state index contributed by atoms with van der Waals surface area (Å²) in [5, 5.41) is 0. The molecule has 1 unspecified atom stereocenters. The summed E-state index contributed by atoms with van der Waals surface area (Å²) < 4.78 is 5.94. The summed E-state index contributed by atoms with van der Waals surface area (Å²) in [5.41, 5.74) is -0.394. The minimum Gasteiger partial charge on any atom is -0.468 e. The van der Waals surface area contributed by atoms with Crippen LogP contribution in [0.3, 0.4) is 0 Å². The van der Waals surface area contributed by atoms with Crippen LogP contribution in [0.25, 0.3) is 0 Å². The van der Waals surface area contributed by atoms with Crippen LogP contribution in [0, 0.1) is 5.41 Å². The highest BCUT2D eigenvalue weighted by molar-refractivity contribution is 14.1. The highest BCUT2D eigenvalue weighted by Crippen LogP contribution is 2.34. The van der Waals surface area contributed by atoms with E-state index in [1.165, 1.54) is 7.11 Å². The molecule has 0 aliphatic heterocycles. The Bertz CT molecular complexity index is 258. The molecule has 0 radical (unpaired) electrons. The predicted molar refractivity (Wildman–Crippen MR) is 65.5 cm³/mol. The Balaban J connectivity index is 2.74. The van der Waals surface area contributed by atoms with Gasteiger partial charge < -0.3 is 4.74 Å². The first-order valence-corrected chi connectivity index (χ1v) is 6.26. The van der Waals surface area contributed by atoms with Gasteiger partial charge in [0.2, 0.25) is 0 Å². The van der Waals surface area contributed by atoms with Crippen molar-refractivity contribution in [1.29, 1.82) is 0 Å². The summed E-state index contributed by atoms with van der Waals surface area (Å²) in [6, 6.07) is 0. The van der Waals surface area contributed by atoms with Crippen molar-refractivity contribution in [2.24, 2.45) is 5.41 Å². The summed E-state index contributed by atoms with van der Waals surface area (Å²) in [4.78, 5) is 11.7. The molecule has 0 saturated heterocycles. The van der Waals surface area contributed by atoms with Crippen molar-refractivity contribution in [3.8, 4) is 0 Å². The van der Waals surface area contributed by atoms with Gasteiger partial charge in [0.15, 0.2) is 0 Å². The van der Waals surface area contributed by atoms with E-state index in [-0.39, 0.29) is 5.97 Å². The zero-order valence-corrected chi connectivity index (χ0v) is 10.5. The average Bonchev–Trinajstić information content (AvgIpc) is 2.26. The maximum atomic E-state index is 11.7. The second-order valence-electron chi connectivity index (χ2n) is 3.43. The van der Waals surface area contributed by atoms with E-state index in [9.17, 15) is 4.79 Å². The van der Waals surface area contributed by atoms with Crippen molar-refractivity contribution in [1.82, 2.24) is 0 Å². The number of hydrogen-bond acceptors (Lipinski definition) is 2. The monoisotopic (exact) mass is 306 g/mol. The zero-order valence-electron chi connectivity index (χ0n) is 8.33. The number of ether oxygens (including phenoxy) is 1. The molecule has 1 aliphatic rings. The molecule has 0 aromatic carbocycles. The van der Waals surface area contributed by atoms with E-state index in [0.29, 0.717) is 0 Å². The lowest BCUT2D eigenvalue weighted by Crippen LogP contribution is -2.31. The van der Waals surface area contributed by atoms with Crippen LogP contribution in [-0.2, 0) is 9.53 Å². The summed E-state index contributed by atoms with van der Waals surface area (Å²) in [7, 11) is 1.46. The molecule has 0 aromatic heterocycles. The third-order valence-electron chi connectivity index (χ3n) is 2.49. The molecule has 14 heavy (non-hydrogen) atoms. The van der Waals surface area contributed by atoms with Gasteiger partial charge in [0.05, 0.1) is 12.5 Å². The van der Waals surface area contributed by atoms with Gasteiger partial charge >= 0.3 is 5.97 Å². The number of allylic oxidation sites excluding steroid dienone is 3. The topological polar surface area (TPSA) is 26.3 Å². The van der Waals surface area contributed by atoms with E-state index in [1.807, 2.05) is 24.3 Å². The summed E-state index contributed by atoms with van der Waals surface area (Å²) in [5.74, 6) is -0.108. The van der Waals surface area contributed by atoms with Crippen LogP contribution in [0.15, 0.2) is 24.3 Å². The fourth-order valence-electron chi connectivity index (χ4n) is 1.69. The normalized spacial score (nSPS) is 25.0. The third kappa shape index (κ3) is 2.59. The number of hydrogen-bond donors (Lipinski definition) is 0. The van der Waals surface area contributed by atoms with Gasteiger partial charge in [0, 0.05) is 0 Å². The number of alkyl halides is 1. The Morgan fingerprint density at radius 1 is 1.57 bits per heavy atom. The highest BCUT2D eigenvalue weighted by atomic mass is 127. The maximum absolute atomic E-state index is 11.7. The van der Waals surface area contributed by atoms with Crippen LogP contribution in [0.5, 0.6) is 0 Å². The van der Waals surface area contributed by atoms with E-state index < -0.39 is 5.41 Å². The van der Waals surface area contributed by atoms with E-state index in [4.69, 9.17) is 4.74 Å². The predicted octanol–water partition coefficient (Wildman–Crippen LogP) is 2.88. The van der Waals surface area contributed by atoms with E-state index in [1.54, 1.807) is 0 Å². The lowest BCUT2D eigenvalue weighted by atomic mass is 9.78. The Labute approximate surface area is 98.5 Å². The SMILES string of the molecule is COC(=O)C1(CCCI)C=CC=CC1. The van der Waals surface area contributed by atoms with Gasteiger partial charge in [-0.05, 0) is 23.7 Å². The van der Waals surface area contributed by atoms with Crippen LogP contribution in [0.4, 0.5) is 0 Å². The first-order chi connectivity index (χ1) is 6.75. The van der Waals surface area contributed by atoms with Crippen LogP contribution >= 0.6 is 22.6 Å². The number of halogens is 1. The molecule has 0 N–H and O–H groups in total. The molecule has 3 heteroatoms. The van der Waals surface area contributed by atoms with Gasteiger partial charge in [-0.15, -0.1) is 0 Å². The fraction of sp³-hybridized carbons (Fsp3) is 0.545. The summed E-state index contributed by atoms with van der Waals surface area (Å²) >= 11 is 2.33. The van der Waals surface area contributed by atoms with Gasteiger partial charge in [0.25, 0.3) is 0 Å². The third-order valence-corrected chi connectivity index (χ3v) is 3.26. The second kappa shape index (κ2) is 5.53. The van der Waals surface area contributed by atoms with E-state index >= 15 is 0 Å². The second-order valence-corrected chi connectivity index (χ2v) is 4.51. The molecule has 0 heterocycles. The van der Waals surface area contributed by atoms with Crippen molar-refractivity contribution in [3.05, 3.63) is 24.3 Å². The smallest absolute Gasteiger partial charge is 0.315 e. The van der Waals surface area contributed by atoms with Crippen molar-refractivity contribution < 1.29 is 9.53 Å². The van der Waals surface area contributed by atoms with Crippen molar-refractivity contribution in [3.63, 3.8) is 0 Å². The van der Waals surface area contributed by atoms with Gasteiger partial charge in [-0.1, -0.05) is 46.9 Å². The van der Waals surface area contributed by atoms with Crippen molar-refractivity contribution in [2.45, 2.75) is 19.3 Å². The van der Waals surface area contributed by atoms with Gasteiger partial charge in [-0.3, -0.25) is 4.79 Å². The van der Waals surface area contributed by atoms with Gasteiger partial charge in [-0.2, -0.15) is 0 Å². The molecule has 0 aromatic rings. The molecular formula is C11H15IO2.